The van der Waals surface area contributed by atoms with Gasteiger partial charge in [-0.2, -0.15) is 0 Å². The lowest BCUT2D eigenvalue weighted by molar-refractivity contribution is -0.122. The summed E-state index contributed by atoms with van der Waals surface area (Å²) in [6.07, 6.45) is 0.662. The summed E-state index contributed by atoms with van der Waals surface area (Å²) in [6.45, 7) is 5.32. The van der Waals surface area contributed by atoms with E-state index in [2.05, 4.69) is 15.8 Å². The van der Waals surface area contributed by atoms with Crippen LogP contribution in [0.25, 0.3) is 0 Å². The SMILES string of the molecule is CC[C@@H](NC(=O)c1c(C)noc1C)c1ccccc1OCC(=O)NC. The van der Waals surface area contributed by atoms with E-state index in [1.165, 1.54) is 0 Å². The Hall–Kier alpha value is -2.83. The van der Waals surface area contributed by atoms with Crippen LogP contribution in [0.5, 0.6) is 5.75 Å². The average Bonchev–Trinajstić information content (AvgIpc) is 2.96. The topological polar surface area (TPSA) is 93.5 Å². The van der Waals surface area contributed by atoms with Crippen LogP contribution in [0.15, 0.2) is 28.8 Å². The van der Waals surface area contributed by atoms with Crippen molar-refractivity contribution in [2.45, 2.75) is 33.2 Å². The molecule has 134 valence electrons. The molecule has 0 aliphatic carbocycles. The fraction of sp³-hybridized carbons (Fsp3) is 0.389. The first kappa shape index (κ1) is 18.5. The van der Waals surface area contributed by atoms with E-state index < -0.39 is 0 Å². The third-order valence-electron chi connectivity index (χ3n) is 3.91. The van der Waals surface area contributed by atoms with Gasteiger partial charge in [0, 0.05) is 12.6 Å². The molecule has 2 amide bonds. The van der Waals surface area contributed by atoms with E-state index in [1.54, 1.807) is 27.0 Å². The number of aryl methyl sites for hydroxylation is 2. The van der Waals surface area contributed by atoms with Crippen LogP contribution in [0, 0.1) is 13.8 Å². The first-order chi connectivity index (χ1) is 12.0. The van der Waals surface area contributed by atoms with E-state index in [-0.39, 0.29) is 24.5 Å². The molecule has 0 radical (unpaired) electrons. The summed E-state index contributed by atoms with van der Waals surface area (Å²) in [7, 11) is 1.55. The Bertz CT molecular complexity index is 735. The van der Waals surface area contributed by atoms with Gasteiger partial charge in [-0.3, -0.25) is 9.59 Å². The normalized spacial score (nSPS) is 11.7. The first-order valence-corrected chi connectivity index (χ1v) is 8.13. The molecule has 0 saturated heterocycles. The average molecular weight is 345 g/mol. The van der Waals surface area contributed by atoms with Gasteiger partial charge in [-0.15, -0.1) is 0 Å². The molecule has 1 aromatic heterocycles. The number of nitrogens with zero attached hydrogens (tertiary/aromatic N) is 1. The second-order valence-electron chi connectivity index (χ2n) is 5.63. The highest BCUT2D eigenvalue weighted by Gasteiger charge is 2.22. The third-order valence-corrected chi connectivity index (χ3v) is 3.91. The predicted octanol–water partition coefficient (Wildman–Crippen LogP) is 2.30. The summed E-state index contributed by atoms with van der Waals surface area (Å²) in [5.41, 5.74) is 1.81. The molecule has 25 heavy (non-hydrogen) atoms. The molecular formula is C18H23N3O4. The number of rotatable bonds is 7. The smallest absolute Gasteiger partial charge is 0.257 e. The van der Waals surface area contributed by atoms with Gasteiger partial charge < -0.3 is 19.9 Å². The van der Waals surface area contributed by atoms with Gasteiger partial charge in [0.2, 0.25) is 0 Å². The molecule has 1 aromatic carbocycles. The van der Waals surface area contributed by atoms with Gasteiger partial charge in [-0.05, 0) is 26.3 Å². The van der Waals surface area contributed by atoms with E-state index in [0.29, 0.717) is 29.2 Å². The number of benzene rings is 1. The summed E-state index contributed by atoms with van der Waals surface area (Å²) >= 11 is 0. The Morgan fingerprint density at radius 1 is 1.28 bits per heavy atom. The minimum absolute atomic E-state index is 0.0816. The van der Waals surface area contributed by atoms with Crippen LogP contribution >= 0.6 is 0 Å². The quantitative estimate of drug-likeness (QED) is 0.803. The van der Waals surface area contributed by atoms with Crippen molar-refractivity contribution in [2.24, 2.45) is 0 Å². The zero-order chi connectivity index (χ0) is 18.4. The molecule has 0 fully saturated rings. The number of hydrogen-bond acceptors (Lipinski definition) is 5. The Morgan fingerprint density at radius 3 is 2.60 bits per heavy atom. The molecule has 0 unspecified atom stereocenters. The summed E-state index contributed by atoms with van der Waals surface area (Å²) in [4.78, 5) is 24.0. The number of amides is 2. The molecule has 7 heteroatoms. The molecule has 0 aliphatic rings. The van der Waals surface area contributed by atoms with E-state index in [0.717, 1.165) is 5.56 Å². The van der Waals surface area contributed by atoms with E-state index in [1.807, 2.05) is 25.1 Å². The molecule has 0 saturated carbocycles. The fourth-order valence-corrected chi connectivity index (χ4v) is 2.55. The fourth-order valence-electron chi connectivity index (χ4n) is 2.55. The van der Waals surface area contributed by atoms with Gasteiger partial charge >= 0.3 is 0 Å². The lowest BCUT2D eigenvalue weighted by Crippen LogP contribution is -2.30. The summed E-state index contributed by atoms with van der Waals surface area (Å²) in [5.74, 6) is 0.581. The molecule has 1 atom stereocenters. The van der Waals surface area contributed by atoms with Gasteiger partial charge in [0.25, 0.3) is 11.8 Å². The van der Waals surface area contributed by atoms with Crippen molar-refractivity contribution in [3.63, 3.8) is 0 Å². The maximum absolute atomic E-state index is 12.6. The zero-order valence-electron chi connectivity index (χ0n) is 14.9. The van der Waals surface area contributed by atoms with E-state index >= 15 is 0 Å². The Balaban J connectivity index is 2.20. The van der Waals surface area contributed by atoms with Crippen molar-refractivity contribution in [3.8, 4) is 5.75 Å². The Kier molecular flexibility index (Phi) is 6.16. The minimum atomic E-state index is -0.262. The number of nitrogens with one attached hydrogen (secondary N) is 2. The number of ether oxygens (including phenoxy) is 1. The lowest BCUT2D eigenvalue weighted by Gasteiger charge is -2.20. The molecular weight excluding hydrogens is 322 g/mol. The lowest BCUT2D eigenvalue weighted by atomic mass is 10.0. The molecule has 2 aromatic rings. The zero-order valence-corrected chi connectivity index (χ0v) is 14.9. The molecule has 0 aliphatic heterocycles. The van der Waals surface area contributed by atoms with Crippen LogP contribution in [0.3, 0.4) is 0 Å². The van der Waals surface area contributed by atoms with E-state index in [4.69, 9.17) is 9.26 Å². The predicted molar refractivity (Wildman–Crippen MR) is 92.5 cm³/mol. The second kappa shape index (κ2) is 8.32. The molecule has 0 spiro atoms. The van der Waals surface area contributed by atoms with Gasteiger partial charge in [0.15, 0.2) is 6.61 Å². The van der Waals surface area contributed by atoms with Crippen molar-refractivity contribution >= 4 is 11.8 Å². The van der Waals surface area contributed by atoms with Crippen molar-refractivity contribution in [3.05, 3.63) is 46.8 Å². The Morgan fingerprint density at radius 2 is 2.00 bits per heavy atom. The molecule has 0 bridgehead atoms. The van der Waals surface area contributed by atoms with Crippen LogP contribution in [-0.2, 0) is 4.79 Å². The maximum atomic E-state index is 12.6. The van der Waals surface area contributed by atoms with Crippen molar-refractivity contribution < 1.29 is 18.8 Å². The van der Waals surface area contributed by atoms with Crippen molar-refractivity contribution in [1.82, 2.24) is 15.8 Å². The molecule has 1 heterocycles. The number of carbonyl (C=O) groups excluding carboxylic acids is 2. The number of aromatic nitrogens is 1. The van der Waals surface area contributed by atoms with Crippen LogP contribution in [0.1, 0.15) is 46.8 Å². The number of likely N-dealkylation sites (N-methyl/N-ethyl adjacent to an activating group) is 1. The summed E-state index contributed by atoms with van der Waals surface area (Å²) < 4.78 is 10.7. The van der Waals surface area contributed by atoms with Crippen LogP contribution in [-0.4, -0.2) is 30.6 Å². The monoisotopic (exact) mass is 345 g/mol. The Labute approximate surface area is 146 Å². The van der Waals surface area contributed by atoms with Crippen LogP contribution in [0.2, 0.25) is 0 Å². The van der Waals surface area contributed by atoms with Crippen molar-refractivity contribution in [1.29, 1.82) is 0 Å². The number of hydrogen-bond donors (Lipinski definition) is 2. The van der Waals surface area contributed by atoms with Gasteiger partial charge in [0.05, 0.1) is 11.7 Å². The highest BCUT2D eigenvalue weighted by molar-refractivity contribution is 5.96. The second-order valence-corrected chi connectivity index (χ2v) is 5.63. The van der Waals surface area contributed by atoms with Crippen LogP contribution in [0.4, 0.5) is 0 Å². The highest BCUT2D eigenvalue weighted by atomic mass is 16.5. The van der Waals surface area contributed by atoms with Crippen LogP contribution < -0.4 is 15.4 Å². The molecule has 2 rings (SSSR count). The first-order valence-electron chi connectivity index (χ1n) is 8.13. The van der Waals surface area contributed by atoms with E-state index in [9.17, 15) is 9.59 Å². The third kappa shape index (κ3) is 4.37. The molecule has 2 N–H and O–H groups in total. The van der Waals surface area contributed by atoms with Crippen molar-refractivity contribution in [2.75, 3.05) is 13.7 Å². The number of carbonyl (C=O) groups is 2. The molecule has 7 nitrogen and oxygen atoms in total. The maximum Gasteiger partial charge on any atom is 0.257 e. The highest BCUT2D eigenvalue weighted by Crippen LogP contribution is 2.28. The summed E-state index contributed by atoms with van der Waals surface area (Å²) in [6, 6.07) is 7.09. The van der Waals surface area contributed by atoms with Gasteiger partial charge in [-0.25, -0.2) is 0 Å². The largest absolute Gasteiger partial charge is 0.483 e. The minimum Gasteiger partial charge on any atom is -0.483 e. The van der Waals surface area contributed by atoms with Gasteiger partial charge in [-0.1, -0.05) is 30.3 Å². The van der Waals surface area contributed by atoms with Gasteiger partial charge in [0.1, 0.15) is 17.1 Å². The summed E-state index contributed by atoms with van der Waals surface area (Å²) in [5, 5.41) is 9.31. The standard InChI is InChI=1S/C18H23N3O4/c1-5-14(20-18(23)17-11(2)21-25-12(17)3)13-8-6-7-9-15(13)24-10-16(22)19-4/h6-9,14H,5,10H2,1-4H3,(H,19,22)(H,20,23)/t14-/m1/s1. The number of para-hydroxylation sites is 1.